The predicted molar refractivity (Wildman–Crippen MR) is 138 cm³/mol. The SMILES string of the molecule is C[C@@H]1/C=C\[C@H](C)N(C)C(=O)c2c(OCc3ccccc3)c(=O)c(C(=O)NCc3c(F)cc(F)cc3F)cn2N1. The number of nitrogens with one attached hydrogen (secondary N) is 2. The lowest BCUT2D eigenvalue weighted by molar-refractivity contribution is 0.0752. The maximum absolute atomic E-state index is 14.1. The molecule has 0 spiro atoms. The zero-order chi connectivity index (χ0) is 28.3. The molecule has 2 aromatic carbocycles. The molecule has 11 heteroatoms. The molecule has 0 saturated heterocycles. The first-order valence-electron chi connectivity index (χ1n) is 12.2. The Balaban J connectivity index is 1.77. The van der Waals surface area contributed by atoms with Crippen molar-refractivity contribution < 1.29 is 27.5 Å². The minimum atomic E-state index is -1.18. The molecule has 0 fully saturated rings. The normalized spacial score (nSPS) is 17.8. The third kappa shape index (κ3) is 5.97. The van der Waals surface area contributed by atoms with Crippen LogP contribution >= 0.6 is 0 Å². The number of halogens is 3. The van der Waals surface area contributed by atoms with Gasteiger partial charge in [0.15, 0.2) is 11.4 Å². The molecule has 0 radical (unpaired) electrons. The van der Waals surface area contributed by atoms with Crippen LogP contribution in [0.4, 0.5) is 13.2 Å². The van der Waals surface area contributed by atoms with E-state index in [0.717, 1.165) is 6.20 Å². The van der Waals surface area contributed by atoms with Gasteiger partial charge in [-0.15, -0.1) is 0 Å². The summed E-state index contributed by atoms with van der Waals surface area (Å²) >= 11 is 0. The largest absolute Gasteiger partial charge is 0.482 e. The summed E-state index contributed by atoms with van der Waals surface area (Å²) in [5, 5.41) is 2.30. The standard InChI is InChI=1S/C28H27F3N4O4/c1-16-9-10-17(2)34(3)28(38)24-26(39-15-18-7-5-4-6-8-18)25(36)21(14-35(24)33-16)27(37)32-13-20-22(30)11-19(29)12-23(20)31/h4-12,14,16-17,33H,13,15H2,1-3H3,(H,32,37)/b10-9-/t16-,17+/m1/s1. The fourth-order valence-corrected chi connectivity index (χ4v) is 3.99. The maximum Gasteiger partial charge on any atom is 0.276 e. The zero-order valence-electron chi connectivity index (χ0n) is 21.5. The Morgan fingerprint density at radius 1 is 1.05 bits per heavy atom. The minimum Gasteiger partial charge on any atom is -0.482 e. The average Bonchev–Trinajstić information content (AvgIpc) is 2.93. The summed E-state index contributed by atoms with van der Waals surface area (Å²) in [4.78, 5) is 41.7. The summed E-state index contributed by atoms with van der Waals surface area (Å²) in [5.41, 5.74) is 1.76. The molecule has 0 bridgehead atoms. The number of carbonyl (C=O) groups excluding carboxylic acids is 2. The Morgan fingerprint density at radius 2 is 1.72 bits per heavy atom. The Labute approximate surface area is 222 Å². The van der Waals surface area contributed by atoms with E-state index < -0.39 is 52.4 Å². The molecular weight excluding hydrogens is 513 g/mol. The highest BCUT2D eigenvalue weighted by Crippen LogP contribution is 2.21. The monoisotopic (exact) mass is 540 g/mol. The second-order valence-electron chi connectivity index (χ2n) is 9.18. The highest BCUT2D eigenvalue weighted by atomic mass is 19.1. The molecule has 2 N–H and O–H groups in total. The number of aromatic nitrogens is 1. The number of carbonyl (C=O) groups is 2. The number of hydrogen-bond acceptors (Lipinski definition) is 5. The number of benzene rings is 2. The van der Waals surface area contributed by atoms with Crippen molar-refractivity contribution >= 4 is 11.8 Å². The second-order valence-corrected chi connectivity index (χ2v) is 9.18. The summed E-state index contributed by atoms with van der Waals surface area (Å²) in [7, 11) is 1.58. The summed E-state index contributed by atoms with van der Waals surface area (Å²) in [6.07, 6.45) is 4.79. The Bertz CT molecular complexity index is 1470. The first-order chi connectivity index (χ1) is 18.6. The van der Waals surface area contributed by atoms with E-state index in [-0.39, 0.29) is 30.1 Å². The van der Waals surface area contributed by atoms with E-state index in [0.29, 0.717) is 17.7 Å². The lowest BCUT2D eigenvalue weighted by Crippen LogP contribution is -2.40. The van der Waals surface area contributed by atoms with E-state index in [9.17, 15) is 27.6 Å². The first kappa shape index (κ1) is 27.5. The molecule has 2 amide bonds. The number of fused-ring (bicyclic) bond motifs is 1. The molecule has 1 aromatic heterocycles. The lowest BCUT2D eigenvalue weighted by atomic mass is 10.1. The molecule has 3 aromatic rings. The molecule has 204 valence electrons. The number of likely N-dealkylation sites (N-methyl/N-ethyl adjacent to an activating group) is 1. The van der Waals surface area contributed by atoms with Gasteiger partial charge >= 0.3 is 0 Å². The van der Waals surface area contributed by atoms with Crippen molar-refractivity contribution in [1.29, 1.82) is 0 Å². The fourth-order valence-electron chi connectivity index (χ4n) is 3.99. The number of ether oxygens (including phenoxy) is 1. The van der Waals surface area contributed by atoms with Crippen LogP contribution in [-0.4, -0.2) is 40.5 Å². The van der Waals surface area contributed by atoms with Gasteiger partial charge in [0.05, 0.1) is 6.04 Å². The fraction of sp³-hybridized carbons (Fsp3) is 0.250. The van der Waals surface area contributed by atoms with Crippen molar-refractivity contribution in [2.24, 2.45) is 0 Å². The summed E-state index contributed by atoms with van der Waals surface area (Å²) in [6, 6.07) is 9.27. The Morgan fingerprint density at radius 3 is 2.38 bits per heavy atom. The topological polar surface area (TPSA) is 92.7 Å². The van der Waals surface area contributed by atoms with E-state index in [1.54, 1.807) is 31.3 Å². The van der Waals surface area contributed by atoms with Gasteiger partial charge in [-0.3, -0.25) is 19.1 Å². The highest BCUT2D eigenvalue weighted by molar-refractivity contribution is 5.99. The van der Waals surface area contributed by atoms with Crippen molar-refractivity contribution in [3.05, 3.63) is 111 Å². The van der Waals surface area contributed by atoms with E-state index in [2.05, 4.69) is 10.7 Å². The molecule has 4 rings (SSSR count). The van der Waals surface area contributed by atoms with Crippen LogP contribution in [0, 0.1) is 17.5 Å². The molecule has 2 heterocycles. The maximum atomic E-state index is 14.1. The van der Waals surface area contributed by atoms with Gasteiger partial charge in [-0.25, -0.2) is 13.2 Å². The number of pyridine rings is 1. The third-order valence-electron chi connectivity index (χ3n) is 6.32. The van der Waals surface area contributed by atoms with Gasteiger partial charge in [0.1, 0.15) is 29.6 Å². The first-order valence-corrected chi connectivity index (χ1v) is 12.2. The number of hydrogen-bond donors (Lipinski definition) is 2. The van der Waals surface area contributed by atoms with Crippen LogP contribution < -0.4 is 20.9 Å². The van der Waals surface area contributed by atoms with Crippen molar-refractivity contribution in [3.8, 4) is 5.75 Å². The van der Waals surface area contributed by atoms with Crippen molar-refractivity contribution in [2.45, 2.75) is 39.1 Å². The van der Waals surface area contributed by atoms with Gasteiger partial charge in [-0.2, -0.15) is 0 Å². The smallest absolute Gasteiger partial charge is 0.276 e. The summed E-state index contributed by atoms with van der Waals surface area (Å²) in [6.45, 7) is 2.91. The van der Waals surface area contributed by atoms with Gasteiger partial charge < -0.3 is 20.4 Å². The Hall–Kier alpha value is -4.54. The van der Waals surface area contributed by atoms with Crippen molar-refractivity contribution in [3.63, 3.8) is 0 Å². The van der Waals surface area contributed by atoms with Crippen LogP contribution in [0.25, 0.3) is 0 Å². The van der Waals surface area contributed by atoms with Crippen LogP contribution in [0.1, 0.15) is 45.8 Å². The molecule has 1 aliphatic rings. The molecule has 0 aliphatic carbocycles. The predicted octanol–water partition coefficient (Wildman–Crippen LogP) is 3.74. The van der Waals surface area contributed by atoms with Crippen molar-refractivity contribution in [1.82, 2.24) is 14.9 Å². The summed E-state index contributed by atoms with van der Waals surface area (Å²) in [5.74, 6) is -5.34. The van der Waals surface area contributed by atoms with Gasteiger partial charge in [0.25, 0.3) is 11.8 Å². The van der Waals surface area contributed by atoms with Gasteiger partial charge in [0.2, 0.25) is 5.43 Å². The number of nitrogens with zero attached hydrogens (tertiary/aromatic N) is 2. The van der Waals surface area contributed by atoms with Crippen LogP contribution in [0.2, 0.25) is 0 Å². The third-order valence-corrected chi connectivity index (χ3v) is 6.32. The lowest BCUT2D eigenvalue weighted by Gasteiger charge is -2.25. The average molecular weight is 541 g/mol. The van der Waals surface area contributed by atoms with Gasteiger partial charge in [-0.05, 0) is 19.4 Å². The van der Waals surface area contributed by atoms with Crippen LogP contribution in [0.3, 0.4) is 0 Å². The van der Waals surface area contributed by atoms with Gasteiger partial charge in [0, 0.05) is 43.5 Å². The second kappa shape index (κ2) is 11.5. The minimum absolute atomic E-state index is 0.0689. The number of amides is 2. The van der Waals surface area contributed by atoms with E-state index >= 15 is 0 Å². The quantitative estimate of drug-likeness (QED) is 0.465. The molecular formula is C28H27F3N4O4. The molecule has 0 unspecified atom stereocenters. The van der Waals surface area contributed by atoms with Crippen LogP contribution in [0.5, 0.6) is 5.75 Å². The number of rotatable bonds is 6. The Kier molecular flexibility index (Phi) is 8.08. The molecule has 2 atom stereocenters. The molecule has 39 heavy (non-hydrogen) atoms. The summed E-state index contributed by atoms with van der Waals surface area (Å²) < 4.78 is 48.6. The van der Waals surface area contributed by atoms with Crippen LogP contribution in [0.15, 0.2) is 65.6 Å². The van der Waals surface area contributed by atoms with Gasteiger partial charge in [-0.1, -0.05) is 42.5 Å². The van der Waals surface area contributed by atoms with Crippen molar-refractivity contribution in [2.75, 3.05) is 12.5 Å². The zero-order valence-corrected chi connectivity index (χ0v) is 21.5. The van der Waals surface area contributed by atoms with E-state index in [1.165, 1.54) is 9.58 Å². The van der Waals surface area contributed by atoms with E-state index in [4.69, 9.17) is 4.74 Å². The van der Waals surface area contributed by atoms with E-state index in [1.807, 2.05) is 32.1 Å². The van der Waals surface area contributed by atoms with Crippen LogP contribution in [-0.2, 0) is 13.2 Å². The highest BCUT2D eigenvalue weighted by Gasteiger charge is 2.30. The molecule has 1 aliphatic heterocycles. The molecule has 0 saturated carbocycles. The molecule has 8 nitrogen and oxygen atoms in total.